The quantitative estimate of drug-likeness (QED) is 0.586. The number of benzene rings is 1. The van der Waals surface area contributed by atoms with Crippen LogP contribution in [0, 0.1) is 11.7 Å². The van der Waals surface area contributed by atoms with E-state index in [9.17, 15) is 4.39 Å². The minimum absolute atomic E-state index is 0.192. The molecular weight excluding hydrogens is 357 g/mol. The number of hydrogen-bond donors (Lipinski definition) is 1. The summed E-state index contributed by atoms with van der Waals surface area (Å²) in [5.74, 6) is 1.27. The molecule has 6 nitrogen and oxygen atoms in total. The Hall–Kier alpha value is -2.41. The second kappa shape index (κ2) is 9.68. The number of halogens is 1. The van der Waals surface area contributed by atoms with E-state index in [-0.39, 0.29) is 11.9 Å². The van der Waals surface area contributed by atoms with Crippen LogP contribution in [-0.2, 0) is 18.2 Å². The summed E-state index contributed by atoms with van der Waals surface area (Å²) in [6, 6.07) is 6.43. The fraction of sp³-hybridized carbons (Fsp3) is 0.524. The topological polar surface area (TPSA) is 54.7 Å². The predicted octanol–water partition coefficient (Wildman–Crippen LogP) is 2.78. The van der Waals surface area contributed by atoms with E-state index >= 15 is 0 Å². The number of methoxy groups -OCH3 is 1. The first-order valence-electron chi connectivity index (χ1n) is 9.88. The summed E-state index contributed by atoms with van der Waals surface area (Å²) in [6.07, 6.45) is 6.04. The second-order valence-corrected chi connectivity index (χ2v) is 7.30. The molecule has 0 aliphatic carbocycles. The van der Waals surface area contributed by atoms with Crippen LogP contribution in [-0.4, -0.2) is 53.9 Å². The molecule has 1 aromatic carbocycles. The molecule has 0 amide bonds. The monoisotopic (exact) mass is 387 g/mol. The van der Waals surface area contributed by atoms with Gasteiger partial charge in [-0.05, 0) is 48.9 Å². The summed E-state index contributed by atoms with van der Waals surface area (Å²) in [4.78, 5) is 7.13. The molecule has 3 rings (SSSR count). The van der Waals surface area contributed by atoms with Crippen LogP contribution in [0.4, 0.5) is 4.39 Å². The number of ether oxygens (including phenoxy) is 1. The SMILES string of the molecule is CCNC(=NCC(OC)c1ccc(F)cc1)N1CCC(Cc2cnn(C)c2)C1. The van der Waals surface area contributed by atoms with Crippen molar-refractivity contribution in [2.45, 2.75) is 25.9 Å². The average molecular weight is 388 g/mol. The van der Waals surface area contributed by atoms with Gasteiger partial charge in [-0.25, -0.2) is 4.39 Å². The van der Waals surface area contributed by atoms with Crippen molar-refractivity contribution in [3.63, 3.8) is 0 Å². The molecule has 2 unspecified atom stereocenters. The smallest absolute Gasteiger partial charge is 0.194 e. The van der Waals surface area contributed by atoms with Crippen LogP contribution in [0.5, 0.6) is 0 Å². The zero-order chi connectivity index (χ0) is 19.9. The largest absolute Gasteiger partial charge is 0.375 e. The van der Waals surface area contributed by atoms with Crippen molar-refractivity contribution in [3.8, 4) is 0 Å². The van der Waals surface area contributed by atoms with Crippen LogP contribution in [0.1, 0.15) is 30.6 Å². The Morgan fingerprint density at radius 3 is 2.82 bits per heavy atom. The lowest BCUT2D eigenvalue weighted by Crippen LogP contribution is -2.40. The van der Waals surface area contributed by atoms with Crippen molar-refractivity contribution in [1.29, 1.82) is 0 Å². The van der Waals surface area contributed by atoms with E-state index in [0.29, 0.717) is 12.5 Å². The standard InChI is InChI=1S/C21H30FN5O/c1-4-23-21(24-13-20(28-3)18-5-7-19(22)8-6-18)27-10-9-16(15-27)11-17-12-25-26(2)14-17/h5-8,12,14,16,20H,4,9-11,13,15H2,1-3H3,(H,23,24). The normalized spacial score (nSPS) is 18.5. The van der Waals surface area contributed by atoms with Gasteiger partial charge in [-0.1, -0.05) is 12.1 Å². The van der Waals surface area contributed by atoms with Gasteiger partial charge in [-0.2, -0.15) is 5.10 Å². The molecule has 1 fully saturated rings. The number of aliphatic imine (C=N–C) groups is 1. The number of guanidine groups is 1. The van der Waals surface area contributed by atoms with Gasteiger partial charge in [0.15, 0.2) is 5.96 Å². The Bertz CT molecular complexity index is 773. The predicted molar refractivity (Wildman–Crippen MR) is 109 cm³/mol. The van der Waals surface area contributed by atoms with Gasteiger partial charge < -0.3 is 15.0 Å². The number of hydrogen-bond acceptors (Lipinski definition) is 3. The van der Waals surface area contributed by atoms with Crippen molar-refractivity contribution in [2.75, 3.05) is 33.3 Å². The highest BCUT2D eigenvalue weighted by atomic mass is 19.1. The van der Waals surface area contributed by atoms with Crippen molar-refractivity contribution in [2.24, 2.45) is 18.0 Å². The van der Waals surface area contributed by atoms with E-state index in [1.807, 2.05) is 17.9 Å². The van der Waals surface area contributed by atoms with Gasteiger partial charge in [-0.3, -0.25) is 9.67 Å². The number of likely N-dealkylation sites (tertiary alicyclic amines) is 1. The molecule has 0 bridgehead atoms. The molecule has 28 heavy (non-hydrogen) atoms. The van der Waals surface area contributed by atoms with Crippen molar-refractivity contribution < 1.29 is 9.13 Å². The highest BCUT2D eigenvalue weighted by molar-refractivity contribution is 5.80. The third-order valence-electron chi connectivity index (χ3n) is 5.14. The number of aryl methyl sites for hydroxylation is 1. The highest BCUT2D eigenvalue weighted by Gasteiger charge is 2.25. The minimum atomic E-state index is -0.243. The zero-order valence-corrected chi connectivity index (χ0v) is 16.9. The molecule has 7 heteroatoms. The van der Waals surface area contributed by atoms with Crippen molar-refractivity contribution in [3.05, 3.63) is 53.6 Å². The van der Waals surface area contributed by atoms with E-state index in [0.717, 1.165) is 44.0 Å². The maximum atomic E-state index is 13.2. The van der Waals surface area contributed by atoms with Crippen molar-refractivity contribution in [1.82, 2.24) is 20.0 Å². The molecule has 1 aliphatic heterocycles. The molecule has 0 spiro atoms. The Balaban J connectivity index is 1.62. The molecule has 2 atom stereocenters. The van der Waals surface area contributed by atoms with Crippen LogP contribution in [0.25, 0.3) is 0 Å². The summed E-state index contributed by atoms with van der Waals surface area (Å²) in [6.45, 7) is 5.36. The zero-order valence-electron chi connectivity index (χ0n) is 16.9. The maximum absolute atomic E-state index is 13.2. The summed E-state index contributed by atoms with van der Waals surface area (Å²) >= 11 is 0. The minimum Gasteiger partial charge on any atom is -0.375 e. The van der Waals surface area contributed by atoms with E-state index in [1.54, 1.807) is 19.2 Å². The Labute approximate surface area is 166 Å². The number of nitrogens with one attached hydrogen (secondary N) is 1. The first kappa shape index (κ1) is 20.3. The number of aromatic nitrogens is 2. The Morgan fingerprint density at radius 2 is 2.18 bits per heavy atom. The van der Waals surface area contributed by atoms with Crippen LogP contribution in [0.15, 0.2) is 41.7 Å². The molecule has 1 aliphatic rings. The second-order valence-electron chi connectivity index (χ2n) is 7.30. The van der Waals surface area contributed by atoms with Gasteiger partial charge in [0.05, 0.1) is 12.7 Å². The average Bonchev–Trinajstić information content (AvgIpc) is 3.32. The lowest BCUT2D eigenvalue weighted by molar-refractivity contribution is 0.110. The molecule has 152 valence electrons. The first-order valence-corrected chi connectivity index (χ1v) is 9.88. The molecule has 1 saturated heterocycles. The number of nitrogens with zero attached hydrogens (tertiary/aromatic N) is 4. The summed E-state index contributed by atoms with van der Waals surface area (Å²) in [7, 11) is 3.62. The fourth-order valence-corrected chi connectivity index (χ4v) is 3.69. The summed E-state index contributed by atoms with van der Waals surface area (Å²) in [5, 5.41) is 7.66. The molecule has 1 aromatic heterocycles. The molecule has 2 heterocycles. The fourth-order valence-electron chi connectivity index (χ4n) is 3.69. The van der Waals surface area contributed by atoms with Gasteiger partial charge in [0.1, 0.15) is 11.9 Å². The van der Waals surface area contributed by atoms with Crippen LogP contribution < -0.4 is 5.32 Å². The van der Waals surface area contributed by atoms with Crippen molar-refractivity contribution >= 4 is 5.96 Å². The lowest BCUT2D eigenvalue weighted by Gasteiger charge is -2.23. The molecular formula is C21H30FN5O. The summed E-state index contributed by atoms with van der Waals surface area (Å²) < 4.78 is 20.6. The van der Waals surface area contributed by atoms with E-state index < -0.39 is 0 Å². The molecule has 2 aromatic rings. The van der Waals surface area contributed by atoms with Gasteiger partial charge in [0.25, 0.3) is 0 Å². The third-order valence-corrected chi connectivity index (χ3v) is 5.14. The van der Waals surface area contributed by atoms with E-state index in [1.165, 1.54) is 17.7 Å². The van der Waals surface area contributed by atoms with Gasteiger partial charge in [0, 0.05) is 40.0 Å². The molecule has 0 radical (unpaired) electrons. The van der Waals surface area contributed by atoms with Crippen LogP contribution >= 0.6 is 0 Å². The summed E-state index contributed by atoms with van der Waals surface area (Å²) in [5.41, 5.74) is 2.21. The Morgan fingerprint density at radius 1 is 1.39 bits per heavy atom. The van der Waals surface area contributed by atoms with Crippen LogP contribution in [0.2, 0.25) is 0 Å². The molecule has 1 N–H and O–H groups in total. The van der Waals surface area contributed by atoms with E-state index in [2.05, 4.69) is 28.4 Å². The lowest BCUT2D eigenvalue weighted by atomic mass is 10.0. The van der Waals surface area contributed by atoms with Gasteiger partial charge in [0.2, 0.25) is 0 Å². The molecule has 0 saturated carbocycles. The van der Waals surface area contributed by atoms with E-state index in [4.69, 9.17) is 9.73 Å². The van der Waals surface area contributed by atoms with Gasteiger partial charge >= 0.3 is 0 Å². The maximum Gasteiger partial charge on any atom is 0.194 e. The number of rotatable bonds is 7. The highest BCUT2D eigenvalue weighted by Crippen LogP contribution is 2.22. The first-order chi connectivity index (χ1) is 13.6. The van der Waals surface area contributed by atoms with Gasteiger partial charge in [-0.15, -0.1) is 0 Å². The third kappa shape index (κ3) is 5.32. The Kier molecular flexibility index (Phi) is 7.03. The van der Waals surface area contributed by atoms with Crippen LogP contribution in [0.3, 0.4) is 0 Å².